The Kier molecular flexibility index (Phi) is 7.08. The summed E-state index contributed by atoms with van der Waals surface area (Å²) in [4.78, 5) is 0. The topological polar surface area (TPSA) is 0 Å². The molecule has 0 N–H and O–H groups in total. The van der Waals surface area contributed by atoms with Crippen molar-refractivity contribution in [3.8, 4) is 11.8 Å². The number of hydrogen-bond acceptors (Lipinski definition) is 0. The van der Waals surface area contributed by atoms with E-state index in [2.05, 4.69) is 56.0 Å². The summed E-state index contributed by atoms with van der Waals surface area (Å²) in [5.41, 5.74) is 4.20. The lowest BCUT2D eigenvalue weighted by molar-refractivity contribution is 0.305. The second-order valence-electron chi connectivity index (χ2n) is 9.11. The molecule has 0 atom stereocenters. The van der Waals surface area contributed by atoms with Crippen molar-refractivity contribution in [3.05, 3.63) is 82.7 Å². The molecule has 1 aliphatic carbocycles. The Hall–Kier alpha value is -2.59. The number of aryl methyl sites for hydroxylation is 1. The lowest BCUT2D eigenvalue weighted by Gasteiger charge is -2.29. The maximum atomic E-state index is 15.3. The lowest BCUT2D eigenvalue weighted by atomic mass is 9.77. The van der Waals surface area contributed by atoms with E-state index in [1.165, 1.54) is 31.2 Å². The monoisotopic (exact) mass is 412 g/mol. The van der Waals surface area contributed by atoms with Crippen molar-refractivity contribution in [3.63, 3.8) is 0 Å². The van der Waals surface area contributed by atoms with Gasteiger partial charge in [0, 0.05) is 16.5 Å². The maximum Gasteiger partial charge on any atom is 0.134 e. The molecule has 0 radical (unpaired) electrons. The van der Waals surface area contributed by atoms with E-state index in [1.807, 2.05) is 24.3 Å². The molecule has 160 valence electrons. The molecule has 0 spiro atoms. The van der Waals surface area contributed by atoms with Gasteiger partial charge in [0.25, 0.3) is 0 Å². The van der Waals surface area contributed by atoms with Crippen LogP contribution in [0.2, 0.25) is 0 Å². The predicted octanol–water partition coefficient (Wildman–Crippen LogP) is 8.41. The SMILES string of the molecule is CCCc1ccc(C#Cc2ccc3c(F)c(C4CCC(CCC)CC4)ccc3c2)cc1. The van der Waals surface area contributed by atoms with Crippen molar-refractivity contribution in [1.82, 2.24) is 0 Å². The average Bonchev–Trinajstić information content (AvgIpc) is 2.80. The zero-order valence-corrected chi connectivity index (χ0v) is 18.9. The first-order valence-electron chi connectivity index (χ1n) is 12.0. The standard InChI is InChI=1S/C30H33F/c1-3-5-22-7-9-24(10-8-22)11-12-25-15-19-29-27(21-25)18-20-28(30(29)31)26-16-13-23(6-4-2)14-17-26/h7-10,15,18-21,23,26H,3-6,13-14,16-17H2,1-2H3. The van der Waals surface area contributed by atoms with E-state index in [1.54, 1.807) is 0 Å². The summed E-state index contributed by atoms with van der Waals surface area (Å²) >= 11 is 0. The molecule has 1 aliphatic rings. The summed E-state index contributed by atoms with van der Waals surface area (Å²) < 4.78 is 15.3. The first-order chi connectivity index (χ1) is 15.2. The van der Waals surface area contributed by atoms with Gasteiger partial charge in [-0.15, -0.1) is 0 Å². The highest BCUT2D eigenvalue weighted by molar-refractivity contribution is 5.85. The van der Waals surface area contributed by atoms with Crippen LogP contribution in [-0.2, 0) is 6.42 Å². The average molecular weight is 413 g/mol. The molecule has 0 heterocycles. The molecular weight excluding hydrogens is 379 g/mol. The van der Waals surface area contributed by atoms with Crippen molar-refractivity contribution in [2.24, 2.45) is 5.92 Å². The van der Waals surface area contributed by atoms with Gasteiger partial charge in [-0.05, 0) is 84.7 Å². The minimum Gasteiger partial charge on any atom is -0.206 e. The highest BCUT2D eigenvalue weighted by atomic mass is 19.1. The van der Waals surface area contributed by atoms with Crippen LogP contribution in [0.15, 0.2) is 54.6 Å². The normalized spacial score (nSPS) is 18.5. The minimum absolute atomic E-state index is 0.0255. The van der Waals surface area contributed by atoms with Crippen molar-refractivity contribution in [2.45, 2.75) is 71.1 Å². The summed E-state index contributed by atoms with van der Waals surface area (Å²) in [5, 5.41) is 1.66. The summed E-state index contributed by atoms with van der Waals surface area (Å²) in [5.74, 6) is 7.67. The summed E-state index contributed by atoms with van der Waals surface area (Å²) in [6.45, 7) is 4.45. The zero-order valence-electron chi connectivity index (χ0n) is 18.9. The van der Waals surface area contributed by atoms with Crippen LogP contribution in [0.3, 0.4) is 0 Å². The van der Waals surface area contributed by atoms with E-state index in [-0.39, 0.29) is 5.82 Å². The van der Waals surface area contributed by atoms with Crippen molar-refractivity contribution in [1.29, 1.82) is 0 Å². The van der Waals surface area contributed by atoms with E-state index in [0.29, 0.717) is 5.92 Å². The number of halogens is 1. The summed E-state index contributed by atoms with van der Waals surface area (Å²) in [6.07, 6.45) is 9.55. The highest BCUT2D eigenvalue weighted by Crippen LogP contribution is 2.39. The molecule has 0 saturated heterocycles. The van der Waals surface area contributed by atoms with Crippen LogP contribution in [0.1, 0.15) is 87.0 Å². The third-order valence-electron chi connectivity index (χ3n) is 6.81. The predicted molar refractivity (Wildman–Crippen MR) is 130 cm³/mol. The minimum atomic E-state index is -0.0255. The molecule has 4 rings (SSSR count). The Labute approximate surface area is 186 Å². The largest absolute Gasteiger partial charge is 0.206 e. The van der Waals surface area contributed by atoms with Crippen molar-refractivity contribution >= 4 is 10.8 Å². The molecule has 1 saturated carbocycles. The molecular formula is C30H33F. The van der Waals surface area contributed by atoms with Gasteiger partial charge in [-0.3, -0.25) is 0 Å². The van der Waals surface area contributed by atoms with Gasteiger partial charge < -0.3 is 0 Å². The van der Waals surface area contributed by atoms with Crippen molar-refractivity contribution in [2.75, 3.05) is 0 Å². The van der Waals surface area contributed by atoms with Gasteiger partial charge >= 0.3 is 0 Å². The van der Waals surface area contributed by atoms with Gasteiger partial charge in [-0.25, -0.2) is 4.39 Å². The Bertz CT molecular complexity index is 1070. The van der Waals surface area contributed by atoms with E-state index in [0.717, 1.165) is 59.1 Å². The molecule has 0 aliphatic heterocycles. The quantitative estimate of drug-likeness (QED) is 0.369. The maximum absolute atomic E-state index is 15.3. The van der Waals surface area contributed by atoms with Crippen LogP contribution in [0.5, 0.6) is 0 Å². The molecule has 0 aromatic heterocycles. The third-order valence-corrected chi connectivity index (χ3v) is 6.81. The van der Waals surface area contributed by atoms with Crippen LogP contribution >= 0.6 is 0 Å². The van der Waals surface area contributed by atoms with Gasteiger partial charge in [-0.2, -0.15) is 0 Å². The molecule has 1 fully saturated rings. The van der Waals surface area contributed by atoms with Gasteiger partial charge in [0.05, 0.1) is 0 Å². The summed E-state index contributed by atoms with van der Waals surface area (Å²) in [6, 6.07) is 18.4. The van der Waals surface area contributed by atoms with Gasteiger partial charge in [0.1, 0.15) is 5.82 Å². The molecule has 3 aromatic rings. The van der Waals surface area contributed by atoms with Gasteiger partial charge in [0.15, 0.2) is 0 Å². The van der Waals surface area contributed by atoms with Crippen LogP contribution in [-0.4, -0.2) is 0 Å². The highest BCUT2D eigenvalue weighted by Gasteiger charge is 2.24. The van der Waals surface area contributed by atoms with E-state index in [4.69, 9.17) is 0 Å². The molecule has 0 unspecified atom stereocenters. The van der Waals surface area contributed by atoms with Crippen LogP contribution in [0, 0.1) is 23.6 Å². The zero-order chi connectivity index (χ0) is 21.6. The second kappa shape index (κ2) is 10.1. The fourth-order valence-electron chi connectivity index (χ4n) is 5.06. The molecule has 1 heteroatoms. The fourth-order valence-corrected chi connectivity index (χ4v) is 5.06. The Morgan fingerprint density at radius 2 is 1.52 bits per heavy atom. The van der Waals surface area contributed by atoms with E-state index < -0.39 is 0 Å². The van der Waals surface area contributed by atoms with Gasteiger partial charge in [-0.1, -0.05) is 75.3 Å². The van der Waals surface area contributed by atoms with E-state index in [9.17, 15) is 0 Å². The number of benzene rings is 3. The Balaban J connectivity index is 1.51. The van der Waals surface area contributed by atoms with Crippen LogP contribution in [0.25, 0.3) is 10.8 Å². The van der Waals surface area contributed by atoms with Gasteiger partial charge in [0.2, 0.25) is 0 Å². The van der Waals surface area contributed by atoms with Crippen molar-refractivity contribution < 1.29 is 4.39 Å². The first kappa shape index (κ1) is 21.6. The Morgan fingerprint density at radius 3 is 2.23 bits per heavy atom. The summed E-state index contributed by atoms with van der Waals surface area (Å²) in [7, 11) is 0. The molecule has 3 aromatic carbocycles. The molecule has 31 heavy (non-hydrogen) atoms. The Morgan fingerprint density at radius 1 is 0.806 bits per heavy atom. The molecule has 0 bridgehead atoms. The first-order valence-corrected chi connectivity index (χ1v) is 12.0. The number of fused-ring (bicyclic) bond motifs is 1. The van der Waals surface area contributed by atoms with Crippen LogP contribution in [0.4, 0.5) is 4.39 Å². The number of rotatable bonds is 5. The third kappa shape index (κ3) is 5.19. The number of hydrogen-bond donors (Lipinski definition) is 0. The van der Waals surface area contributed by atoms with E-state index >= 15 is 4.39 Å². The molecule has 0 amide bonds. The molecule has 0 nitrogen and oxygen atoms in total. The lowest BCUT2D eigenvalue weighted by Crippen LogP contribution is -2.14. The fraction of sp³-hybridized carbons (Fsp3) is 0.400. The smallest absolute Gasteiger partial charge is 0.134 e. The second-order valence-corrected chi connectivity index (χ2v) is 9.11. The van der Waals surface area contributed by atoms with Crippen LogP contribution < -0.4 is 0 Å².